The number of nitrogens with one attached hydrogen (secondary N) is 2. The van der Waals surface area contributed by atoms with Gasteiger partial charge in [-0.3, -0.25) is 4.79 Å². The summed E-state index contributed by atoms with van der Waals surface area (Å²) in [5.41, 5.74) is 0. The predicted molar refractivity (Wildman–Crippen MR) is 75.6 cm³/mol. The van der Waals surface area contributed by atoms with Crippen molar-refractivity contribution >= 4 is 32.2 Å². The number of nitrogens with zero attached hydrogens (tertiary/aromatic N) is 2. The normalized spacial score (nSPS) is 20.8. The van der Waals surface area contributed by atoms with Gasteiger partial charge < -0.3 is 9.52 Å². The van der Waals surface area contributed by atoms with Crippen molar-refractivity contribution in [3.8, 4) is 0 Å². The van der Waals surface area contributed by atoms with E-state index in [9.17, 15) is 26.4 Å². The molecule has 22 heavy (non-hydrogen) atoms. The number of amides is 2. The van der Waals surface area contributed by atoms with Crippen molar-refractivity contribution in [2.75, 3.05) is 19.6 Å². The van der Waals surface area contributed by atoms with Crippen LogP contribution >= 0.6 is 0 Å². The molecule has 0 radical (unpaired) electrons. The number of rotatable bonds is 1. The average Bonchev–Trinajstić information content (AvgIpc) is 2.80. The van der Waals surface area contributed by atoms with E-state index in [1.54, 1.807) is 6.92 Å². The molecule has 124 valence electrons. The number of likely N-dealkylation sites (N-methyl/N-ethyl adjacent to an activating group) is 1. The van der Waals surface area contributed by atoms with E-state index in [4.69, 9.17) is 0 Å². The Kier molecular flexibility index (Phi) is 11.5. The van der Waals surface area contributed by atoms with Gasteiger partial charge in [0.1, 0.15) is 0 Å². The van der Waals surface area contributed by atoms with Gasteiger partial charge in [-0.25, -0.2) is 17.4 Å². The van der Waals surface area contributed by atoms with Crippen LogP contribution in [0.1, 0.15) is 27.2 Å². The number of hydrogen-bond donors (Lipinski definition) is 2. The van der Waals surface area contributed by atoms with E-state index in [1.165, 1.54) is 6.42 Å². The van der Waals surface area contributed by atoms with Gasteiger partial charge >= 0.3 is 39.8 Å². The zero-order chi connectivity index (χ0) is 16.7. The van der Waals surface area contributed by atoms with Crippen LogP contribution in [0.15, 0.2) is 0 Å². The van der Waals surface area contributed by atoms with Gasteiger partial charge in [0.2, 0.25) is 0 Å². The molecule has 2 saturated heterocycles. The summed E-state index contributed by atoms with van der Waals surface area (Å²) < 4.78 is 49.4. The number of carbonyl (C=O) groups is 2. The molecule has 0 aromatic heterocycles. The summed E-state index contributed by atoms with van der Waals surface area (Å²) in [5, 5.41) is 0. The van der Waals surface area contributed by atoms with Gasteiger partial charge in [0, 0.05) is 6.54 Å². The Morgan fingerprint density at radius 3 is 1.68 bits per heavy atom. The second kappa shape index (κ2) is 10.5. The molecule has 0 aromatic rings. The zero-order valence-electron chi connectivity index (χ0n) is 13.0. The second-order valence-corrected chi connectivity index (χ2v) is 6.97. The van der Waals surface area contributed by atoms with Crippen molar-refractivity contribution in [3.05, 3.63) is 4.72 Å². The molecule has 10 nitrogen and oxygen atoms in total. The fourth-order valence-electron chi connectivity index (χ4n) is 1.15. The molecule has 2 aliphatic heterocycles. The molecule has 2 heterocycles. The van der Waals surface area contributed by atoms with Crippen LogP contribution in [0.3, 0.4) is 0 Å². The van der Waals surface area contributed by atoms with E-state index in [2.05, 4.69) is 23.3 Å². The van der Waals surface area contributed by atoms with E-state index in [0.29, 0.717) is 0 Å². The van der Waals surface area contributed by atoms with Crippen LogP contribution in [-0.2, 0) is 30.0 Å². The molecule has 0 saturated carbocycles. The molecule has 0 aromatic carbocycles. The van der Waals surface area contributed by atoms with E-state index in [1.807, 2.05) is 4.72 Å². The Morgan fingerprint density at radius 1 is 1.05 bits per heavy atom. The SMILES string of the molecule is CCC.CCN1C(=O)CNS1(=O)=O.O=C1CNS(=O)(=O)[N-]1.[Na+]. The Labute approximate surface area is 153 Å². The maximum atomic E-state index is 10.8. The van der Waals surface area contributed by atoms with Gasteiger partial charge in [0.25, 0.3) is 5.91 Å². The zero-order valence-corrected chi connectivity index (χ0v) is 16.6. The maximum absolute atomic E-state index is 10.8. The summed E-state index contributed by atoms with van der Waals surface area (Å²) in [6.45, 7) is 5.77. The second-order valence-electron chi connectivity index (χ2n) is 3.87. The summed E-state index contributed by atoms with van der Waals surface area (Å²) >= 11 is 0. The third-order valence-corrected chi connectivity index (χ3v) is 4.39. The van der Waals surface area contributed by atoms with Crippen LogP contribution in [0.2, 0.25) is 0 Å². The molecule has 2 rings (SSSR count). The Bertz CT molecular complexity index is 577. The van der Waals surface area contributed by atoms with Crippen molar-refractivity contribution in [1.82, 2.24) is 13.7 Å². The molecule has 13 heteroatoms. The largest absolute Gasteiger partial charge is 1.00 e. The van der Waals surface area contributed by atoms with Crippen molar-refractivity contribution in [3.63, 3.8) is 0 Å². The molecular weight excluding hydrogens is 347 g/mol. The van der Waals surface area contributed by atoms with Gasteiger partial charge in [-0.2, -0.15) is 13.1 Å². The fourth-order valence-corrected chi connectivity index (χ4v) is 2.99. The monoisotopic (exact) mass is 366 g/mol. The van der Waals surface area contributed by atoms with Crippen LogP contribution in [0.5, 0.6) is 0 Å². The minimum absolute atomic E-state index is 0. The minimum atomic E-state index is -3.57. The first-order chi connectivity index (χ1) is 9.59. The smallest absolute Gasteiger partial charge is 0.532 e. The molecule has 0 unspecified atom stereocenters. The third-order valence-electron chi connectivity index (χ3n) is 1.89. The quantitative estimate of drug-likeness (QED) is 0.451. The summed E-state index contributed by atoms with van der Waals surface area (Å²) in [6.07, 6.45) is 1.25. The topological polar surface area (TPSA) is 144 Å². The summed E-state index contributed by atoms with van der Waals surface area (Å²) in [5.74, 6) is -1.02. The van der Waals surface area contributed by atoms with Crippen LogP contribution in [0, 0.1) is 0 Å². The van der Waals surface area contributed by atoms with Crippen LogP contribution in [0.4, 0.5) is 0 Å². The Hall–Kier alpha value is -0.240. The maximum Gasteiger partial charge on any atom is 1.00 e. The van der Waals surface area contributed by atoms with Gasteiger partial charge in [0.05, 0.1) is 19.0 Å². The van der Waals surface area contributed by atoms with Gasteiger partial charge in [-0.05, 0) is 6.92 Å². The van der Waals surface area contributed by atoms with Gasteiger partial charge in [-0.15, -0.1) is 0 Å². The standard InChI is InChI=1S/C4H8N2O3S.C3H8.C2H4N2O3S.Na/c1-2-6-4(7)3-5-10(6,8)9;1-3-2;5-2-1-3-8(6,7)4-2;/h5H,2-3H2,1H3;3H2,1-2H3;3H,1H2,(H,4,5);/q;;;+1/p-1. The molecule has 2 fully saturated rings. The van der Waals surface area contributed by atoms with Crippen LogP contribution in [-0.4, -0.2) is 52.6 Å². The van der Waals surface area contributed by atoms with Crippen LogP contribution in [0.25, 0.3) is 4.72 Å². The Balaban J connectivity index is 0. The van der Waals surface area contributed by atoms with Crippen molar-refractivity contribution in [2.24, 2.45) is 0 Å². The molecule has 2 N–H and O–H groups in total. The van der Waals surface area contributed by atoms with Gasteiger partial charge in [0.15, 0.2) is 10.2 Å². The molecule has 0 atom stereocenters. The van der Waals surface area contributed by atoms with Crippen molar-refractivity contribution in [1.29, 1.82) is 0 Å². The molecule has 0 spiro atoms. The average molecular weight is 366 g/mol. The molecule has 0 bridgehead atoms. The summed E-state index contributed by atoms with van der Waals surface area (Å²) in [7, 11) is -7.02. The predicted octanol–water partition coefficient (Wildman–Crippen LogP) is -4.16. The third kappa shape index (κ3) is 8.41. The molecular formula is C9H19N4NaO6S2. The first-order valence-corrected chi connectivity index (χ1v) is 9.03. The molecule has 2 amide bonds. The van der Waals surface area contributed by atoms with Gasteiger partial charge in [-0.1, -0.05) is 20.3 Å². The number of hydrogen-bond acceptors (Lipinski definition) is 6. The van der Waals surface area contributed by atoms with Crippen molar-refractivity contribution < 1.29 is 56.0 Å². The Morgan fingerprint density at radius 2 is 1.55 bits per heavy atom. The van der Waals surface area contributed by atoms with E-state index >= 15 is 0 Å². The van der Waals surface area contributed by atoms with Crippen LogP contribution < -0.4 is 39.0 Å². The minimum Gasteiger partial charge on any atom is -0.532 e. The summed E-state index contributed by atoms with van der Waals surface area (Å²) in [6, 6.07) is 0. The number of carbonyl (C=O) groups excluding carboxylic acids is 2. The summed E-state index contributed by atoms with van der Waals surface area (Å²) in [4.78, 5) is 20.8. The van der Waals surface area contributed by atoms with E-state index < -0.39 is 26.3 Å². The first-order valence-electron chi connectivity index (χ1n) is 6.15. The van der Waals surface area contributed by atoms with Crippen molar-refractivity contribution in [2.45, 2.75) is 27.2 Å². The van der Waals surface area contributed by atoms with E-state index in [0.717, 1.165) is 4.31 Å². The molecule has 2 aliphatic rings. The first kappa shape index (κ1) is 24.0. The van der Waals surface area contributed by atoms with E-state index in [-0.39, 0.29) is 55.1 Å². The molecule has 0 aliphatic carbocycles. The fraction of sp³-hybridized carbons (Fsp3) is 0.778.